The molecule has 0 heterocycles. The van der Waals surface area contributed by atoms with Crippen LogP contribution in [0, 0.1) is 34.8 Å². The summed E-state index contributed by atoms with van der Waals surface area (Å²) in [6, 6.07) is 3.66. The third kappa shape index (κ3) is 2.27. The Morgan fingerprint density at radius 3 is 2.23 bits per heavy atom. The zero-order valence-electron chi connectivity index (χ0n) is 6.24. The lowest BCUT2D eigenvalue weighted by atomic mass is 10.2. The van der Waals surface area contributed by atoms with Crippen molar-refractivity contribution in [1.82, 2.24) is 0 Å². The van der Waals surface area contributed by atoms with Crippen LogP contribution in [-0.4, -0.2) is 0 Å². The number of halogens is 3. The minimum absolute atomic E-state index is 0.139. The van der Waals surface area contributed by atoms with E-state index in [1.54, 1.807) is 6.07 Å². The molecule has 4 heteroatoms. The number of rotatable bonds is 0. The SMILES string of the molecule is N#CC#Cc1cc(F)c(Br)c(F)c1. The Hall–Kier alpha value is -1.39. The molecule has 0 atom stereocenters. The van der Waals surface area contributed by atoms with Crippen molar-refractivity contribution in [3.63, 3.8) is 0 Å². The first kappa shape index (κ1) is 9.70. The van der Waals surface area contributed by atoms with Crippen molar-refractivity contribution < 1.29 is 8.78 Å². The number of hydrogen-bond acceptors (Lipinski definition) is 1. The van der Waals surface area contributed by atoms with Gasteiger partial charge in [0.1, 0.15) is 11.6 Å². The topological polar surface area (TPSA) is 23.8 Å². The Morgan fingerprint density at radius 2 is 1.77 bits per heavy atom. The van der Waals surface area contributed by atoms with Gasteiger partial charge in [-0.2, -0.15) is 5.26 Å². The van der Waals surface area contributed by atoms with Gasteiger partial charge >= 0.3 is 0 Å². The summed E-state index contributed by atoms with van der Waals surface area (Å²) >= 11 is 2.72. The molecule has 0 aliphatic rings. The highest BCUT2D eigenvalue weighted by atomic mass is 79.9. The summed E-state index contributed by atoms with van der Waals surface area (Å²) in [4.78, 5) is 0. The molecule has 1 aromatic carbocycles. The van der Waals surface area contributed by atoms with Gasteiger partial charge in [-0.15, -0.1) is 0 Å². The molecule has 0 bridgehead atoms. The molecule has 64 valence electrons. The zero-order valence-corrected chi connectivity index (χ0v) is 7.82. The summed E-state index contributed by atoms with van der Waals surface area (Å²) in [6.45, 7) is 0. The zero-order chi connectivity index (χ0) is 9.84. The summed E-state index contributed by atoms with van der Waals surface area (Å²) in [6.07, 6.45) is 0. The van der Waals surface area contributed by atoms with Crippen LogP contribution in [-0.2, 0) is 0 Å². The lowest BCUT2D eigenvalue weighted by Crippen LogP contribution is -1.86. The fraction of sp³-hybridized carbons (Fsp3) is 0. The van der Waals surface area contributed by atoms with Gasteiger partial charge in [0.2, 0.25) is 0 Å². The summed E-state index contributed by atoms with van der Waals surface area (Å²) in [7, 11) is 0. The van der Waals surface area contributed by atoms with Crippen LogP contribution in [0.4, 0.5) is 8.78 Å². The molecule has 0 saturated heterocycles. The maximum Gasteiger partial charge on any atom is 0.152 e. The van der Waals surface area contributed by atoms with Gasteiger partial charge in [0.05, 0.1) is 4.47 Å². The second kappa shape index (κ2) is 4.02. The highest BCUT2D eigenvalue weighted by Gasteiger charge is 2.06. The quantitative estimate of drug-likeness (QED) is 0.506. The van der Waals surface area contributed by atoms with Gasteiger partial charge in [0.25, 0.3) is 0 Å². The number of nitrogens with zero attached hydrogens (tertiary/aromatic N) is 1. The molecule has 0 N–H and O–H groups in total. The van der Waals surface area contributed by atoms with Crippen LogP contribution in [0.5, 0.6) is 0 Å². The molecular formula is C9H2BrF2N. The molecule has 0 amide bonds. The maximum absolute atomic E-state index is 12.8. The predicted molar refractivity (Wildman–Crippen MR) is 46.5 cm³/mol. The summed E-state index contributed by atoms with van der Waals surface area (Å²) in [5.41, 5.74) is 0.139. The van der Waals surface area contributed by atoms with E-state index in [0.29, 0.717) is 0 Å². The summed E-state index contributed by atoms with van der Waals surface area (Å²) in [5, 5.41) is 8.10. The van der Waals surface area contributed by atoms with Crippen LogP contribution in [0.2, 0.25) is 0 Å². The molecule has 13 heavy (non-hydrogen) atoms. The molecule has 0 spiro atoms. The minimum atomic E-state index is -0.734. The second-order valence-electron chi connectivity index (χ2n) is 2.12. The van der Waals surface area contributed by atoms with Crippen LogP contribution in [0.1, 0.15) is 5.56 Å². The van der Waals surface area contributed by atoms with Crippen molar-refractivity contribution in [2.24, 2.45) is 0 Å². The standard InChI is InChI=1S/C9H2BrF2N/c10-9-7(11)4-6(2-1-3-13)5-8(9)12/h4-5H. The molecule has 1 aromatic rings. The van der Waals surface area contributed by atoms with Crippen molar-refractivity contribution in [3.05, 3.63) is 33.8 Å². The lowest BCUT2D eigenvalue weighted by Gasteiger charge is -1.96. The summed E-state index contributed by atoms with van der Waals surface area (Å²) in [5.74, 6) is 2.87. The van der Waals surface area contributed by atoms with E-state index in [1.807, 2.05) is 5.92 Å². The molecule has 0 aliphatic heterocycles. The van der Waals surface area contributed by atoms with Crippen molar-refractivity contribution in [2.75, 3.05) is 0 Å². The van der Waals surface area contributed by atoms with Crippen molar-refractivity contribution in [3.8, 4) is 17.9 Å². The van der Waals surface area contributed by atoms with Crippen LogP contribution >= 0.6 is 15.9 Å². The predicted octanol–water partition coefficient (Wildman–Crippen LogP) is 2.60. The van der Waals surface area contributed by atoms with E-state index in [1.165, 1.54) is 0 Å². The fourth-order valence-electron chi connectivity index (χ4n) is 0.728. The number of hydrogen-bond donors (Lipinski definition) is 0. The average molecular weight is 242 g/mol. The third-order valence-corrected chi connectivity index (χ3v) is 2.00. The van der Waals surface area contributed by atoms with E-state index in [4.69, 9.17) is 5.26 Å². The summed E-state index contributed by atoms with van der Waals surface area (Å²) < 4.78 is 25.4. The molecule has 1 rings (SSSR count). The largest absolute Gasteiger partial charge is 0.206 e. The van der Waals surface area contributed by atoms with Crippen molar-refractivity contribution in [1.29, 1.82) is 5.26 Å². The van der Waals surface area contributed by atoms with Crippen LogP contribution in [0.3, 0.4) is 0 Å². The average Bonchev–Trinajstić information content (AvgIpc) is 2.10. The van der Waals surface area contributed by atoms with Gasteiger partial charge in [0, 0.05) is 11.5 Å². The molecule has 1 nitrogen and oxygen atoms in total. The van der Waals surface area contributed by atoms with Gasteiger partial charge in [-0.3, -0.25) is 0 Å². The van der Waals surface area contributed by atoms with Crippen LogP contribution in [0.15, 0.2) is 16.6 Å². The highest BCUT2D eigenvalue weighted by molar-refractivity contribution is 9.10. The van der Waals surface area contributed by atoms with E-state index in [-0.39, 0.29) is 10.0 Å². The van der Waals surface area contributed by atoms with Crippen molar-refractivity contribution >= 4 is 15.9 Å². The van der Waals surface area contributed by atoms with Gasteiger partial charge in [-0.25, -0.2) is 8.78 Å². The monoisotopic (exact) mass is 241 g/mol. The Balaban J connectivity index is 3.23. The van der Waals surface area contributed by atoms with Crippen LogP contribution in [0.25, 0.3) is 0 Å². The molecule has 0 saturated carbocycles. The normalized spacial score (nSPS) is 8.46. The molecule has 0 radical (unpaired) electrons. The molecule has 0 fully saturated rings. The van der Waals surface area contributed by atoms with E-state index >= 15 is 0 Å². The van der Waals surface area contributed by atoms with Gasteiger partial charge < -0.3 is 0 Å². The molecule has 0 aromatic heterocycles. The minimum Gasteiger partial charge on any atom is -0.206 e. The third-order valence-electron chi connectivity index (χ3n) is 1.25. The van der Waals surface area contributed by atoms with E-state index in [9.17, 15) is 8.78 Å². The Bertz CT molecular complexity index is 414. The van der Waals surface area contributed by atoms with E-state index in [0.717, 1.165) is 12.1 Å². The number of benzene rings is 1. The first-order valence-electron chi connectivity index (χ1n) is 3.20. The van der Waals surface area contributed by atoms with E-state index < -0.39 is 11.6 Å². The Kier molecular flexibility index (Phi) is 3.00. The first-order chi connectivity index (χ1) is 6.15. The fourth-order valence-corrected chi connectivity index (χ4v) is 0.957. The smallest absolute Gasteiger partial charge is 0.152 e. The molecule has 0 aliphatic carbocycles. The van der Waals surface area contributed by atoms with E-state index in [2.05, 4.69) is 21.9 Å². The second-order valence-corrected chi connectivity index (χ2v) is 2.91. The Labute approximate surface area is 82.1 Å². The maximum atomic E-state index is 12.8. The van der Waals surface area contributed by atoms with Gasteiger partial charge in [0.15, 0.2) is 6.07 Å². The Morgan fingerprint density at radius 1 is 1.23 bits per heavy atom. The molecule has 0 unspecified atom stereocenters. The van der Waals surface area contributed by atoms with Crippen LogP contribution < -0.4 is 0 Å². The highest BCUT2D eigenvalue weighted by Crippen LogP contribution is 2.20. The van der Waals surface area contributed by atoms with Gasteiger partial charge in [-0.1, -0.05) is 5.92 Å². The number of nitriles is 1. The molecular weight excluding hydrogens is 240 g/mol. The van der Waals surface area contributed by atoms with Crippen molar-refractivity contribution in [2.45, 2.75) is 0 Å². The lowest BCUT2D eigenvalue weighted by molar-refractivity contribution is 0.571. The van der Waals surface area contributed by atoms with Gasteiger partial charge in [-0.05, 0) is 28.1 Å². The first-order valence-corrected chi connectivity index (χ1v) is 3.99.